The van der Waals surface area contributed by atoms with Crippen LogP contribution in [0.4, 0.5) is 0 Å². The summed E-state index contributed by atoms with van der Waals surface area (Å²) in [6, 6.07) is 22.5. The van der Waals surface area contributed by atoms with E-state index in [9.17, 15) is 0 Å². The SMILES string of the molecule is CCCN(C)[C@H]1CN(Cc2ccccc2)C[C@@H]1c1ccccc1. The van der Waals surface area contributed by atoms with E-state index in [-0.39, 0.29) is 0 Å². The van der Waals surface area contributed by atoms with Crippen molar-refractivity contribution in [3.63, 3.8) is 0 Å². The van der Waals surface area contributed by atoms with Crippen molar-refractivity contribution in [2.45, 2.75) is 31.8 Å². The van der Waals surface area contributed by atoms with Gasteiger partial charge < -0.3 is 4.90 Å². The molecule has 23 heavy (non-hydrogen) atoms. The van der Waals surface area contributed by atoms with E-state index in [0.29, 0.717) is 12.0 Å². The largest absolute Gasteiger partial charge is 0.301 e. The zero-order valence-corrected chi connectivity index (χ0v) is 14.4. The Kier molecular flexibility index (Phi) is 5.47. The number of nitrogens with zero attached hydrogens (tertiary/aromatic N) is 2. The molecule has 1 aliphatic rings. The van der Waals surface area contributed by atoms with E-state index in [1.54, 1.807) is 0 Å². The van der Waals surface area contributed by atoms with Crippen LogP contribution in [0.2, 0.25) is 0 Å². The number of rotatable bonds is 6. The number of benzene rings is 2. The second-order valence-corrected chi connectivity index (χ2v) is 6.74. The molecular weight excluding hydrogens is 280 g/mol. The number of likely N-dealkylation sites (N-methyl/N-ethyl adjacent to an activating group) is 1. The van der Waals surface area contributed by atoms with Gasteiger partial charge in [-0.2, -0.15) is 0 Å². The van der Waals surface area contributed by atoms with Gasteiger partial charge in [-0.1, -0.05) is 67.6 Å². The van der Waals surface area contributed by atoms with Crippen molar-refractivity contribution < 1.29 is 0 Å². The van der Waals surface area contributed by atoms with Gasteiger partial charge in [-0.05, 0) is 31.1 Å². The fourth-order valence-electron chi connectivity index (χ4n) is 3.83. The minimum atomic E-state index is 0.608. The molecule has 3 rings (SSSR count). The van der Waals surface area contributed by atoms with E-state index in [1.807, 2.05) is 0 Å². The van der Waals surface area contributed by atoms with Crippen molar-refractivity contribution in [3.05, 3.63) is 71.8 Å². The van der Waals surface area contributed by atoms with Crippen LogP contribution in [0.1, 0.15) is 30.4 Å². The summed E-state index contributed by atoms with van der Waals surface area (Å²) in [6.45, 7) is 6.81. The van der Waals surface area contributed by atoms with Crippen molar-refractivity contribution in [3.8, 4) is 0 Å². The van der Waals surface area contributed by atoms with Crippen molar-refractivity contribution in [1.82, 2.24) is 9.80 Å². The van der Waals surface area contributed by atoms with Crippen LogP contribution in [-0.2, 0) is 6.54 Å². The fraction of sp³-hybridized carbons (Fsp3) is 0.429. The van der Waals surface area contributed by atoms with Gasteiger partial charge in [0.2, 0.25) is 0 Å². The highest BCUT2D eigenvalue weighted by molar-refractivity contribution is 5.24. The van der Waals surface area contributed by atoms with Gasteiger partial charge in [-0.3, -0.25) is 4.90 Å². The van der Waals surface area contributed by atoms with Crippen LogP contribution in [0.3, 0.4) is 0 Å². The maximum Gasteiger partial charge on any atom is 0.0301 e. The smallest absolute Gasteiger partial charge is 0.0301 e. The Morgan fingerprint density at radius 1 is 0.957 bits per heavy atom. The van der Waals surface area contributed by atoms with Crippen LogP contribution in [-0.4, -0.2) is 42.5 Å². The Morgan fingerprint density at radius 2 is 1.61 bits per heavy atom. The second kappa shape index (κ2) is 7.76. The molecule has 2 atom stereocenters. The Morgan fingerprint density at radius 3 is 2.26 bits per heavy atom. The van der Waals surface area contributed by atoms with Crippen molar-refractivity contribution in [2.24, 2.45) is 0 Å². The molecule has 0 aromatic heterocycles. The van der Waals surface area contributed by atoms with Gasteiger partial charge in [0, 0.05) is 31.6 Å². The summed E-state index contributed by atoms with van der Waals surface area (Å²) in [6.07, 6.45) is 1.22. The van der Waals surface area contributed by atoms with E-state index in [2.05, 4.69) is 84.4 Å². The molecule has 1 heterocycles. The fourth-order valence-corrected chi connectivity index (χ4v) is 3.83. The van der Waals surface area contributed by atoms with E-state index in [0.717, 1.165) is 19.6 Å². The first-order chi connectivity index (χ1) is 11.3. The topological polar surface area (TPSA) is 6.48 Å². The van der Waals surface area contributed by atoms with Gasteiger partial charge in [-0.25, -0.2) is 0 Å². The van der Waals surface area contributed by atoms with Crippen LogP contribution in [0.15, 0.2) is 60.7 Å². The highest BCUT2D eigenvalue weighted by atomic mass is 15.2. The molecule has 0 bridgehead atoms. The van der Waals surface area contributed by atoms with Crippen LogP contribution >= 0.6 is 0 Å². The van der Waals surface area contributed by atoms with Crippen molar-refractivity contribution >= 4 is 0 Å². The summed E-state index contributed by atoms with van der Waals surface area (Å²) in [7, 11) is 2.29. The average molecular weight is 308 g/mol. The van der Waals surface area contributed by atoms with E-state index in [1.165, 1.54) is 24.1 Å². The lowest BCUT2D eigenvalue weighted by Gasteiger charge is -2.29. The molecule has 1 fully saturated rings. The molecule has 0 amide bonds. The maximum absolute atomic E-state index is 2.61. The summed E-state index contributed by atoms with van der Waals surface area (Å²) in [4.78, 5) is 5.17. The summed E-state index contributed by atoms with van der Waals surface area (Å²) in [5, 5.41) is 0. The molecule has 0 radical (unpaired) electrons. The molecule has 1 saturated heterocycles. The van der Waals surface area contributed by atoms with Crippen LogP contribution < -0.4 is 0 Å². The van der Waals surface area contributed by atoms with Gasteiger partial charge in [0.15, 0.2) is 0 Å². The third kappa shape index (κ3) is 4.01. The average Bonchev–Trinajstić information content (AvgIpc) is 3.01. The molecule has 0 spiro atoms. The molecule has 0 saturated carbocycles. The lowest BCUT2D eigenvalue weighted by atomic mass is 9.93. The minimum Gasteiger partial charge on any atom is -0.301 e. The number of hydrogen-bond donors (Lipinski definition) is 0. The first kappa shape index (κ1) is 16.2. The molecule has 0 aliphatic carbocycles. The molecule has 2 nitrogen and oxygen atoms in total. The first-order valence-corrected chi connectivity index (χ1v) is 8.79. The molecule has 0 N–H and O–H groups in total. The monoisotopic (exact) mass is 308 g/mol. The number of hydrogen-bond acceptors (Lipinski definition) is 2. The predicted molar refractivity (Wildman–Crippen MR) is 97.6 cm³/mol. The Balaban J connectivity index is 1.76. The summed E-state index contributed by atoms with van der Waals surface area (Å²) in [5.74, 6) is 0.608. The van der Waals surface area contributed by atoms with Crippen molar-refractivity contribution in [1.29, 1.82) is 0 Å². The van der Waals surface area contributed by atoms with Gasteiger partial charge in [0.05, 0.1) is 0 Å². The number of likely N-dealkylation sites (tertiary alicyclic amines) is 1. The lowest BCUT2D eigenvalue weighted by molar-refractivity contribution is 0.222. The van der Waals surface area contributed by atoms with E-state index >= 15 is 0 Å². The summed E-state index contributed by atoms with van der Waals surface area (Å²) in [5.41, 5.74) is 2.90. The lowest BCUT2D eigenvalue weighted by Crippen LogP contribution is -2.37. The minimum absolute atomic E-state index is 0.608. The van der Waals surface area contributed by atoms with Gasteiger partial charge in [-0.15, -0.1) is 0 Å². The maximum atomic E-state index is 2.61. The van der Waals surface area contributed by atoms with Gasteiger partial charge in [0.25, 0.3) is 0 Å². The Hall–Kier alpha value is -1.64. The van der Waals surface area contributed by atoms with Crippen LogP contribution in [0, 0.1) is 0 Å². The molecule has 0 unspecified atom stereocenters. The second-order valence-electron chi connectivity index (χ2n) is 6.74. The third-order valence-electron chi connectivity index (χ3n) is 4.98. The third-order valence-corrected chi connectivity index (χ3v) is 4.98. The standard InChI is InChI=1S/C21H28N2/c1-3-14-22(2)21-17-23(15-18-10-6-4-7-11-18)16-20(21)19-12-8-5-9-13-19/h4-13,20-21H,3,14-17H2,1-2H3/t20-,21+/m1/s1. The van der Waals surface area contributed by atoms with Gasteiger partial charge >= 0.3 is 0 Å². The zero-order chi connectivity index (χ0) is 16.1. The van der Waals surface area contributed by atoms with E-state index in [4.69, 9.17) is 0 Å². The summed E-state index contributed by atoms with van der Waals surface area (Å²) < 4.78 is 0. The molecule has 2 aromatic carbocycles. The van der Waals surface area contributed by atoms with Crippen LogP contribution in [0.25, 0.3) is 0 Å². The zero-order valence-electron chi connectivity index (χ0n) is 14.4. The van der Waals surface area contributed by atoms with Crippen LogP contribution in [0.5, 0.6) is 0 Å². The van der Waals surface area contributed by atoms with Crippen molar-refractivity contribution in [2.75, 3.05) is 26.7 Å². The molecule has 1 aliphatic heterocycles. The highest BCUT2D eigenvalue weighted by Crippen LogP contribution is 2.31. The van der Waals surface area contributed by atoms with Gasteiger partial charge in [0.1, 0.15) is 0 Å². The Labute approximate surface area is 140 Å². The molecule has 122 valence electrons. The highest BCUT2D eigenvalue weighted by Gasteiger charge is 2.35. The van der Waals surface area contributed by atoms with E-state index < -0.39 is 0 Å². The Bertz CT molecular complexity index is 581. The summed E-state index contributed by atoms with van der Waals surface area (Å²) >= 11 is 0. The molecule has 2 aromatic rings. The first-order valence-electron chi connectivity index (χ1n) is 8.79. The molecule has 2 heteroatoms. The predicted octanol–water partition coefficient (Wildman–Crippen LogP) is 4.00. The molecular formula is C21H28N2. The quantitative estimate of drug-likeness (QED) is 0.796. The normalized spacial score (nSPS) is 21.9.